The first-order chi connectivity index (χ1) is 11.3. The number of anilines is 1. The molecule has 23 heavy (non-hydrogen) atoms. The van der Waals surface area contributed by atoms with Crippen molar-refractivity contribution in [2.45, 2.75) is 6.54 Å². The molecule has 114 valence electrons. The monoisotopic (exact) mass is 342 g/mol. The predicted octanol–water partition coefficient (Wildman–Crippen LogP) is 3.74. The van der Waals surface area contributed by atoms with Crippen LogP contribution in [0.1, 0.15) is 4.88 Å². The van der Waals surface area contributed by atoms with Crippen LogP contribution in [0.5, 0.6) is 0 Å². The first kappa shape index (κ1) is 14.1. The first-order valence-electron chi connectivity index (χ1n) is 6.88. The van der Waals surface area contributed by atoms with Crippen LogP contribution in [0.25, 0.3) is 21.7 Å². The topological polar surface area (TPSA) is 79.4 Å². The van der Waals surface area contributed by atoms with Gasteiger partial charge in [0.25, 0.3) is 0 Å². The Morgan fingerprint density at radius 2 is 1.96 bits per heavy atom. The maximum absolute atomic E-state index is 5.91. The summed E-state index contributed by atoms with van der Waals surface area (Å²) < 4.78 is 0. The highest BCUT2D eigenvalue weighted by Gasteiger charge is 2.08. The molecule has 0 bridgehead atoms. The summed E-state index contributed by atoms with van der Waals surface area (Å²) in [4.78, 5) is 21.1. The van der Waals surface area contributed by atoms with Crippen molar-refractivity contribution in [3.63, 3.8) is 0 Å². The number of H-pyrrole nitrogens is 1. The molecule has 0 radical (unpaired) electrons. The number of benzene rings is 1. The van der Waals surface area contributed by atoms with E-state index in [-0.39, 0.29) is 0 Å². The summed E-state index contributed by atoms with van der Waals surface area (Å²) in [5.74, 6) is 0.731. The lowest BCUT2D eigenvalue weighted by atomic mass is 10.2. The second kappa shape index (κ2) is 5.94. The maximum atomic E-state index is 5.91. The summed E-state index contributed by atoms with van der Waals surface area (Å²) in [6.07, 6.45) is 4.97. The van der Waals surface area contributed by atoms with E-state index >= 15 is 0 Å². The fourth-order valence-corrected chi connectivity index (χ4v) is 3.17. The number of hydrogen-bond acceptors (Lipinski definition) is 6. The molecular weight excluding hydrogens is 332 g/mol. The van der Waals surface area contributed by atoms with Crippen LogP contribution >= 0.6 is 22.9 Å². The second-order valence-corrected chi connectivity index (χ2v) is 6.37. The largest absolute Gasteiger partial charge is 0.363 e. The van der Waals surface area contributed by atoms with Crippen molar-refractivity contribution < 1.29 is 0 Å². The fraction of sp³-hybridized carbons (Fsp3) is 0.0667. The van der Waals surface area contributed by atoms with Crippen LogP contribution in [0, 0.1) is 0 Å². The van der Waals surface area contributed by atoms with E-state index < -0.39 is 0 Å². The van der Waals surface area contributed by atoms with Crippen molar-refractivity contribution in [3.8, 4) is 10.6 Å². The average Bonchev–Trinajstić information content (AvgIpc) is 3.23. The van der Waals surface area contributed by atoms with Gasteiger partial charge in [0.2, 0.25) is 0 Å². The van der Waals surface area contributed by atoms with Gasteiger partial charge < -0.3 is 10.3 Å². The standard InChI is InChI=1S/C15H11ClN6S/c16-10-3-1-9(2-4-10)15-18-6-11(23-15)5-17-13-12-14(20-7-19-12)22-8-21-13/h1-4,6-8H,5H2,(H2,17,19,20,21,22). The highest BCUT2D eigenvalue weighted by Crippen LogP contribution is 2.27. The van der Waals surface area contributed by atoms with Crippen LogP contribution in [0.15, 0.2) is 43.1 Å². The Hall–Kier alpha value is -2.51. The molecule has 0 saturated heterocycles. The second-order valence-electron chi connectivity index (χ2n) is 4.82. The Morgan fingerprint density at radius 3 is 2.83 bits per heavy atom. The molecular formula is C15H11ClN6S. The molecule has 0 spiro atoms. The van der Waals surface area contributed by atoms with E-state index in [9.17, 15) is 0 Å². The first-order valence-corrected chi connectivity index (χ1v) is 8.07. The van der Waals surface area contributed by atoms with Gasteiger partial charge in [-0.1, -0.05) is 23.7 Å². The third-order valence-electron chi connectivity index (χ3n) is 3.30. The number of fused-ring (bicyclic) bond motifs is 1. The van der Waals surface area contributed by atoms with Gasteiger partial charge >= 0.3 is 0 Å². The van der Waals surface area contributed by atoms with Crippen molar-refractivity contribution in [2.24, 2.45) is 0 Å². The highest BCUT2D eigenvalue weighted by molar-refractivity contribution is 7.15. The molecule has 8 heteroatoms. The van der Waals surface area contributed by atoms with Gasteiger partial charge in [0.1, 0.15) is 16.9 Å². The molecule has 6 nitrogen and oxygen atoms in total. The van der Waals surface area contributed by atoms with Crippen molar-refractivity contribution in [1.29, 1.82) is 0 Å². The Labute approximate surface area is 140 Å². The molecule has 0 aliphatic rings. The number of aromatic nitrogens is 5. The van der Waals surface area contributed by atoms with Crippen LogP contribution in [-0.2, 0) is 6.54 Å². The molecule has 3 aromatic heterocycles. The number of halogens is 1. The number of rotatable bonds is 4. The molecule has 0 aliphatic carbocycles. The summed E-state index contributed by atoms with van der Waals surface area (Å²) in [7, 11) is 0. The van der Waals surface area contributed by atoms with Crippen LogP contribution in [0.4, 0.5) is 5.82 Å². The van der Waals surface area contributed by atoms with E-state index in [0.29, 0.717) is 12.2 Å². The van der Waals surface area contributed by atoms with Crippen molar-refractivity contribution in [1.82, 2.24) is 24.9 Å². The van der Waals surface area contributed by atoms with E-state index in [4.69, 9.17) is 11.6 Å². The van der Waals surface area contributed by atoms with Gasteiger partial charge in [0, 0.05) is 21.7 Å². The Balaban J connectivity index is 1.52. The number of imidazole rings is 1. The molecule has 4 rings (SSSR count). The van der Waals surface area contributed by atoms with E-state index in [1.54, 1.807) is 17.7 Å². The number of hydrogen-bond donors (Lipinski definition) is 2. The summed E-state index contributed by atoms with van der Waals surface area (Å²) in [6.45, 7) is 0.635. The van der Waals surface area contributed by atoms with Gasteiger partial charge in [-0.05, 0) is 12.1 Å². The fourth-order valence-electron chi connectivity index (χ4n) is 2.19. The van der Waals surface area contributed by atoms with Gasteiger partial charge in [-0.2, -0.15) is 0 Å². The van der Waals surface area contributed by atoms with E-state index in [1.807, 2.05) is 30.5 Å². The number of nitrogens with one attached hydrogen (secondary N) is 2. The number of aromatic amines is 1. The zero-order chi connectivity index (χ0) is 15.6. The average molecular weight is 343 g/mol. The minimum absolute atomic E-state index is 0.635. The van der Waals surface area contributed by atoms with Gasteiger partial charge in [0.15, 0.2) is 11.5 Å². The normalized spacial score (nSPS) is 11.0. The smallest absolute Gasteiger partial charge is 0.182 e. The number of nitrogens with zero attached hydrogens (tertiary/aromatic N) is 4. The van der Waals surface area contributed by atoms with Gasteiger partial charge in [0.05, 0.1) is 12.9 Å². The summed E-state index contributed by atoms with van der Waals surface area (Å²) in [5, 5.41) is 4.98. The highest BCUT2D eigenvalue weighted by atomic mass is 35.5. The van der Waals surface area contributed by atoms with Gasteiger partial charge in [-0.3, -0.25) is 0 Å². The van der Waals surface area contributed by atoms with Gasteiger partial charge in [-0.15, -0.1) is 11.3 Å². The molecule has 0 saturated carbocycles. The SMILES string of the molecule is Clc1ccc(-c2ncc(CNc3ncnc4nc[nH]c34)s2)cc1. The minimum Gasteiger partial charge on any atom is -0.363 e. The Morgan fingerprint density at radius 1 is 1.09 bits per heavy atom. The lowest BCUT2D eigenvalue weighted by molar-refractivity contribution is 1.11. The maximum Gasteiger partial charge on any atom is 0.182 e. The zero-order valence-electron chi connectivity index (χ0n) is 11.8. The molecule has 0 amide bonds. The quantitative estimate of drug-likeness (QED) is 0.590. The molecule has 4 aromatic rings. The van der Waals surface area contributed by atoms with Crippen LogP contribution < -0.4 is 5.32 Å². The van der Waals surface area contributed by atoms with E-state index in [2.05, 4.69) is 30.2 Å². The van der Waals surface area contributed by atoms with Crippen LogP contribution in [0.2, 0.25) is 5.02 Å². The van der Waals surface area contributed by atoms with Gasteiger partial charge in [-0.25, -0.2) is 19.9 Å². The Kier molecular flexibility index (Phi) is 3.64. The lowest BCUT2D eigenvalue weighted by Crippen LogP contribution is -2.01. The van der Waals surface area contributed by atoms with Crippen molar-refractivity contribution >= 4 is 39.9 Å². The lowest BCUT2D eigenvalue weighted by Gasteiger charge is -2.03. The van der Waals surface area contributed by atoms with Crippen LogP contribution in [-0.4, -0.2) is 24.9 Å². The molecule has 0 unspecified atom stereocenters. The minimum atomic E-state index is 0.635. The van der Waals surface area contributed by atoms with E-state index in [1.165, 1.54) is 6.33 Å². The molecule has 0 aliphatic heterocycles. The molecule has 3 heterocycles. The predicted molar refractivity (Wildman–Crippen MR) is 91.6 cm³/mol. The molecule has 0 fully saturated rings. The summed E-state index contributed by atoms with van der Waals surface area (Å²) >= 11 is 7.55. The molecule has 1 aromatic carbocycles. The third kappa shape index (κ3) is 2.88. The zero-order valence-corrected chi connectivity index (χ0v) is 13.4. The van der Waals surface area contributed by atoms with Crippen LogP contribution in [0.3, 0.4) is 0 Å². The van der Waals surface area contributed by atoms with Crippen molar-refractivity contribution in [3.05, 3.63) is 53.0 Å². The summed E-state index contributed by atoms with van der Waals surface area (Å²) in [5.41, 5.74) is 2.51. The van der Waals surface area contributed by atoms with E-state index in [0.717, 1.165) is 31.8 Å². The molecule has 2 N–H and O–H groups in total. The summed E-state index contributed by atoms with van der Waals surface area (Å²) in [6, 6.07) is 7.67. The number of thiazole rings is 1. The molecule has 0 atom stereocenters. The third-order valence-corrected chi connectivity index (χ3v) is 4.60. The Bertz CT molecular complexity index is 946. The van der Waals surface area contributed by atoms with Crippen molar-refractivity contribution in [2.75, 3.05) is 5.32 Å².